The van der Waals surface area contributed by atoms with E-state index >= 15 is 0 Å². The average molecular weight is 362 g/mol. The van der Waals surface area contributed by atoms with Gasteiger partial charge in [0.15, 0.2) is 18.1 Å². The van der Waals surface area contributed by atoms with Gasteiger partial charge in [0.1, 0.15) is 19.0 Å². The largest absolute Gasteiger partial charge is 0.486 e. The van der Waals surface area contributed by atoms with E-state index in [0.29, 0.717) is 30.5 Å². The molecule has 0 unspecified atom stereocenters. The second-order valence-corrected chi connectivity index (χ2v) is 5.99. The first-order valence-electron chi connectivity index (χ1n) is 8.61. The summed E-state index contributed by atoms with van der Waals surface area (Å²) in [5.74, 6) is 1.69. The lowest BCUT2D eigenvalue weighted by Crippen LogP contribution is -2.24. The van der Waals surface area contributed by atoms with Crippen LogP contribution in [0.3, 0.4) is 0 Å². The lowest BCUT2D eigenvalue weighted by atomic mass is 10.1. The van der Waals surface area contributed by atoms with E-state index in [1.54, 1.807) is 6.21 Å². The highest BCUT2D eigenvalue weighted by Crippen LogP contribution is 2.30. The van der Waals surface area contributed by atoms with Gasteiger partial charge in [0.25, 0.3) is 5.91 Å². The van der Waals surface area contributed by atoms with Crippen molar-refractivity contribution >= 4 is 22.9 Å². The van der Waals surface area contributed by atoms with Crippen LogP contribution in [0.25, 0.3) is 10.8 Å². The highest BCUT2D eigenvalue weighted by Gasteiger charge is 2.11. The molecule has 0 bridgehead atoms. The maximum Gasteiger partial charge on any atom is 0.277 e. The molecule has 0 aliphatic carbocycles. The zero-order chi connectivity index (χ0) is 18.5. The fourth-order valence-corrected chi connectivity index (χ4v) is 2.76. The van der Waals surface area contributed by atoms with Crippen LogP contribution in [-0.2, 0) is 4.79 Å². The fourth-order valence-electron chi connectivity index (χ4n) is 2.76. The van der Waals surface area contributed by atoms with Crippen molar-refractivity contribution in [3.8, 4) is 17.2 Å². The van der Waals surface area contributed by atoms with Gasteiger partial charge in [-0.1, -0.05) is 30.3 Å². The third-order valence-electron chi connectivity index (χ3n) is 4.06. The number of fused-ring (bicyclic) bond motifs is 2. The molecule has 0 saturated heterocycles. The summed E-state index contributed by atoms with van der Waals surface area (Å²) in [6.45, 7) is 0.959. The first kappa shape index (κ1) is 16.9. The van der Waals surface area contributed by atoms with Crippen LogP contribution < -0.4 is 19.6 Å². The monoisotopic (exact) mass is 362 g/mol. The highest BCUT2D eigenvalue weighted by atomic mass is 16.6. The molecular weight excluding hydrogens is 344 g/mol. The number of carbonyl (C=O) groups is 1. The molecule has 3 aromatic carbocycles. The molecule has 6 nitrogen and oxygen atoms in total. The summed E-state index contributed by atoms with van der Waals surface area (Å²) in [6.07, 6.45) is 1.55. The number of nitrogens with one attached hydrogen (secondary N) is 1. The first-order chi connectivity index (χ1) is 13.3. The van der Waals surface area contributed by atoms with Crippen LogP contribution in [0, 0.1) is 0 Å². The van der Waals surface area contributed by atoms with Crippen LogP contribution in [-0.4, -0.2) is 31.9 Å². The van der Waals surface area contributed by atoms with Gasteiger partial charge in [0.2, 0.25) is 0 Å². The number of hydrazone groups is 1. The summed E-state index contributed by atoms with van der Waals surface area (Å²) in [4.78, 5) is 11.9. The maximum atomic E-state index is 11.9. The van der Waals surface area contributed by atoms with E-state index < -0.39 is 0 Å². The van der Waals surface area contributed by atoms with Crippen LogP contribution in [0.2, 0.25) is 0 Å². The summed E-state index contributed by atoms with van der Waals surface area (Å²) >= 11 is 0. The smallest absolute Gasteiger partial charge is 0.277 e. The summed E-state index contributed by atoms with van der Waals surface area (Å²) in [7, 11) is 0. The SMILES string of the molecule is O=C(COc1ccc2ccccc2c1)NN=Cc1ccc2c(c1)OCCO2. The lowest BCUT2D eigenvalue weighted by molar-refractivity contribution is -0.123. The van der Waals surface area contributed by atoms with Crippen molar-refractivity contribution < 1.29 is 19.0 Å². The summed E-state index contributed by atoms with van der Waals surface area (Å²) in [5, 5.41) is 6.14. The Morgan fingerprint density at radius 2 is 1.81 bits per heavy atom. The molecule has 0 radical (unpaired) electrons. The second kappa shape index (κ2) is 7.78. The van der Waals surface area contributed by atoms with E-state index in [4.69, 9.17) is 14.2 Å². The summed E-state index contributed by atoms with van der Waals surface area (Å²) < 4.78 is 16.5. The Bertz CT molecular complexity index is 1000. The number of nitrogens with zero attached hydrogens (tertiary/aromatic N) is 1. The van der Waals surface area contributed by atoms with E-state index in [1.807, 2.05) is 60.7 Å². The molecule has 1 aliphatic heterocycles. The Morgan fingerprint density at radius 1 is 1.00 bits per heavy atom. The summed E-state index contributed by atoms with van der Waals surface area (Å²) in [5.41, 5.74) is 3.25. The van der Waals surface area contributed by atoms with E-state index in [9.17, 15) is 4.79 Å². The molecule has 6 heteroatoms. The van der Waals surface area contributed by atoms with Crippen LogP contribution in [0.4, 0.5) is 0 Å². The molecule has 1 amide bonds. The first-order valence-corrected chi connectivity index (χ1v) is 8.61. The van der Waals surface area contributed by atoms with Gasteiger partial charge in [-0.05, 0) is 46.7 Å². The molecule has 1 aliphatic rings. The van der Waals surface area contributed by atoms with Crippen molar-refractivity contribution in [3.63, 3.8) is 0 Å². The number of carbonyl (C=O) groups excluding carboxylic acids is 1. The van der Waals surface area contributed by atoms with Gasteiger partial charge in [-0.3, -0.25) is 4.79 Å². The van der Waals surface area contributed by atoms with Crippen LogP contribution >= 0.6 is 0 Å². The van der Waals surface area contributed by atoms with Gasteiger partial charge >= 0.3 is 0 Å². The molecule has 0 aromatic heterocycles. The third kappa shape index (κ3) is 4.17. The fraction of sp³-hybridized carbons (Fsp3) is 0.143. The van der Waals surface area contributed by atoms with Crippen molar-refractivity contribution in [2.45, 2.75) is 0 Å². The van der Waals surface area contributed by atoms with Crippen molar-refractivity contribution in [1.29, 1.82) is 0 Å². The molecule has 136 valence electrons. The van der Waals surface area contributed by atoms with E-state index in [1.165, 1.54) is 0 Å². The number of ether oxygens (including phenoxy) is 3. The molecule has 0 spiro atoms. The molecular formula is C21H18N2O4. The van der Waals surface area contributed by atoms with Gasteiger partial charge in [-0.15, -0.1) is 0 Å². The van der Waals surface area contributed by atoms with Crippen molar-refractivity contribution in [2.75, 3.05) is 19.8 Å². The predicted molar refractivity (Wildman–Crippen MR) is 103 cm³/mol. The Morgan fingerprint density at radius 3 is 2.70 bits per heavy atom. The predicted octanol–water partition coefficient (Wildman–Crippen LogP) is 3.14. The second-order valence-electron chi connectivity index (χ2n) is 5.99. The van der Waals surface area contributed by atoms with Crippen LogP contribution in [0.5, 0.6) is 17.2 Å². The van der Waals surface area contributed by atoms with Crippen molar-refractivity contribution in [1.82, 2.24) is 5.43 Å². The zero-order valence-corrected chi connectivity index (χ0v) is 14.6. The maximum absolute atomic E-state index is 11.9. The van der Waals surface area contributed by atoms with E-state index in [2.05, 4.69) is 10.5 Å². The molecule has 1 N–H and O–H groups in total. The van der Waals surface area contributed by atoms with Gasteiger partial charge in [-0.25, -0.2) is 5.43 Å². The quantitative estimate of drug-likeness (QED) is 0.559. The van der Waals surface area contributed by atoms with Crippen LogP contribution in [0.1, 0.15) is 5.56 Å². The lowest BCUT2D eigenvalue weighted by Gasteiger charge is -2.18. The topological polar surface area (TPSA) is 69.2 Å². The minimum atomic E-state index is -0.336. The minimum absolute atomic E-state index is 0.114. The van der Waals surface area contributed by atoms with Crippen LogP contribution in [0.15, 0.2) is 65.8 Å². The number of rotatable bonds is 5. The molecule has 0 atom stereocenters. The third-order valence-corrected chi connectivity index (χ3v) is 4.06. The number of amides is 1. The number of hydrogen-bond acceptors (Lipinski definition) is 5. The Labute approximate surface area is 156 Å². The Hall–Kier alpha value is -3.54. The normalized spacial score (nSPS) is 12.9. The molecule has 27 heavy (non-hydrogen) atoms. The average Bonchev–Trinajstić information content (AvgIpc) is 2.72. The highest BCUT2D eigenvalue weighted by molar-refractivity contribution is 5.85. The molecule has 3 aromatic rings. The standard InChI is InChI=1S/C21H18N2O4/c24-21(14-27-18-7-6-16-3-1-2-4-17(16)12-18)23-22-13-15-5-8-19-20(11-15)26-10-9-25-19/h1-8,11-13H,9-10,14H2,(H,23,24). The van der Waals surface area contributed by atoms with E-state index in [0.717, 1.165) is 16.3 Å². The molecule has 4 rings (SSSR count). The Balaban J connectivity index is 1.30. The van der Waals surface area contributed by atoms with Gasteiger partial charge < -0.3 is 14.2 Å². The zero-order valence-electron chi connectivity index (χ0n) is 14.6. The summed E-state index contributed by atoms with van der Waals surface area (Å²) in [6, 6.07) is 19.2. The number of hydrogen-bond donors (Lipinski definition) is 1. The van der Waals surface area contributed by atoms with Gasteiger partial charge in [-0.2, -0.15) is 5.10 Å². The Kier molecular flexibility index (Phi) is 4.87. The number of benzene rings is 3. The molecule has 0 fully saturated rings. The van der Waals surface area contributed by atoms with E-state index in [-0.39, 0.29) is 12.5 Å². The molecule has 0 saturated carbocycles. The minimum Gasteiger partial charge on any atom is -0.486 e. The van der Waals surface area contributed by atoms with Gasteiger partial charge in [0.05, 0.1) is 6.21 Å². The molecule has 1 heterocycles. The van der Waals surface area contributed by atoms with Crippen molar-refractivity contribution in [2.24, 2.45) is 5.10 Å². The van der Waals surface area contributed by atoms with Gasteiger partial charge in [0, 0.05) is 0 Å². The van der Waals surface area contributed by atoms with Crippen molar-refractivity contribution in [3.05, 3.63) is 66.2 Å².